The molecule has 1 aliphatic heterocycles. The van der Waals surface area contributed by atoms with Crippen molar-refractivity contribution in [2.75, 3.05) is 0 Å². The number of aromatic nitrogens is 3. The van der Waals surface area contributed by atoms with E-state index in [1.54, 1.807) is 6.20 Å². The van der Waals surface area contributed by atoms with Gasteiger partial charge in [0.05, 0.1) is 11.9 Å². The SMILES string of the molecule is O=S(=O)(O)C(F)(F)F.SC1CCn2nncc21. The number of nitrogens with zero attached hydrogens (tertiary/aromatic N) is 3. The Morgan fingerprint density at radius 2 is 2.06 bits per heavy atom. The van der Waals surface area contributed by atoms with Crippen molar-refractivity contribution in [2.24, 2.45) is 0 Å². The predicted molar refractivity (Wildman–Crippen MR) is 54.0 cm³/mol. The fourth-order valence-electron chi connectivity index (χ4n) is 1.09. The van der Waals surface area contributed by atoms with Crippen molar-refractivity contribution in [2.45, 2.75) is 23.7 Å². The minimum absolute atomic E-state index is 0.361. The monoisotopic (exact) mass is 291 g/mol. The fourth-order valence-corrected chi connectivity index (χ4v) is 1.41. The molecular formula is C6H8F3N3O3S2. The molecule has 98 valence electrons. The molecule has 1 aliphatic rings. The van der Waals surface area contributed by atoms with Crippen molar-refractivity contribution in [3.8, 4) is 0 Å². The second-order valence-electron chi connectivity index (χ2n) is 3.11. The van der Waals surface area contributed by atoms with Crippen LogP contribution in [0.3, 0.4) is 0 Å². The summed E-state index contributed by atoms with van der Waals surface area (Å²) >= 11 is 4.34. The van der Waals surface area contributed by atoms with E-state index >= 15 is 0 Å². The zero-order chi connectivity index (χ0) is 13.3. The van der Waals surface area contributed by atoms with Gasteiger partial charge < -0.3 is 0 Å². The minimum Gasteiger partial charge on any atom is -0.279 e. The number of rotatable bonds is 0. The van der Waals surface area contributed by atoms with Crippen LogP contribution in [0, 0.1) is 0 Å². The van der Waals surface area contributed by atoms with E-state index in [4.69, 9.17) is 13.0 Å². The predicted octanol–water partition coefficient (Wildman–Crippen LogP) is 1.05. The van der Waals surface area contributed by atoms with Gasteiger partial charge in [0.1, 0.15) is 0 Å². The number of alkyl halides is 3. The first-order valence-corrected chi connectivity index (χ1v) is 6.19. The summed E-state index contributed by atoms with van der Waals surface area (Å²) in [7, 11) is -5.84. The normalized spacial score (nSPS) is 19.5. The van der Waals surface area contributed by atoms with Gasteiger partial charge >= 0.3 is 15.6 Å². The highest BCUT2D eigenvalue weighted by Crippen LogP contribution is 2.28. The van der Waals surface area contributed by atoms with Crippen LogP contribution in [0.25, 0.3) is 0 Å². The number of aryl methyl sites for hydroxylation is 1. The summed E-state index contributed by atoms with van der Waals surface area (Å²) in [4.78, 5) is 0. The Morgan fingerprint density at radius 3 is 2.47 bits per heavy atom. The molecule has 1 aromatic heterocycles. The largest absolute Gasteiger partial charge is 0.522 e. The lowest BCUT2D eigenvalue weighted by Crippen LogP contribution is -2.21. The average Bonchev–Trinajstić information content (AvgIpc) is 2.69. The van der Waals surface area contributed by atoms with E-state index in [-0.39, 0.29) is 0 Å². The van der Waals surface area contributed by atoms with Gasteiger partial charge in [0, 0.05) is 11.8 Å². The third-order valence-electron chi connectivity index (χ3n) is 1.90. The van der Waals surface area contributed by atoms with Gasteiger partial charge in [0.15, 0.2) is 0 Å². The van der Waals surface area contributed by atoms with Crippen LogP contribution in [0.5, 0.6) is 0 Å². The van der Waals surface area contributed by atoms with Crippen LogP contribution in [0.2, 0.25) is 0 Å². The summed E-state index contributed by atoms with van der Waals surface area (Å²) in [5.41, 5.74) is -4.38. The summed E-state index contributed by atoms with van der Waals surface area (Å²) in [6.45, 7) is 0.976. The molecule has 1 atom stereocenters. The Kier molecular flexibility index (Phi) is 4.04. The van der Waals surface area contributed by atoms with Crippen molar-refractivity contribution in [1.29, 1.82) is 0 Å². The van der Waals surface area contributed by atoms with Gasteiger partial charge in [-0.2, -0.15) is 34.2 Å². The molecule has 2 heterocycles. The van der Waals surface area contributed by atoms with Crippen LogP contribution in [0.15, 0.2) is 6.20 Å². The Morgan fingerprint density at radius 1 is 1.53 bits per heavy atom. The third-order valence-corrected chi connectivity index (χ3v) is 3.00. The molecule has 0 aliphatic carbocycles. The van der Waals surface area contributed by atoms with E-state index in [0.29, 0.717) is 5.25 Å². The second-order valence-corrected chi connectivity index (χ2v) is 5.14. The molecule has 0 aromatic carbocycles. The number of fused-ring (bicyclic) bond motifs is 1. The van der Waals surface area contributed by atoms with Gasteiger partial charge in [-0.25, -0.2) is 4.68 Å². The van der Waals surface area contributed by atoms with Gasteiger partial charge in [-0.3, -0.25) is 4.55 Å². The molecule has 11 heteroatoms. The summed E-state index contributed by atoms with van der Waals surface area (Å²) in [6.07, 6.45) is 2.87. The van der Waals surface area contributed by atoms with Crippen molar-refractivity contribution < 1.29 is 26.1 Å². The number of hydrogen-bond acceptors (Lipinski definition) is 5. The van der Waals surface area contributed by atoms with Crippen molar-refractivity contribution in [3.63, 3.8) is 0 Å². The molecule has 0 saturated carbocycles. The van der Waals surface area contributed by atoms with E-state index in [2.05, 4.69) is 22.9 Å². The van der Waals surface area contributed by atoms with Crippen LogP contribution in [0.1, 0.15) is 17.4 Å². The summed E-state index contributed by atoms with van der Waals surface area (Å²) in [5.74, 6) is 0. The third kappa shape index (κ3) is 3.57. The Labute approximate surface area is 100.0 Å². The highest BCUT2D eigenvalue weighted by molar-refractivity contribution is 7.86. The number of thiol groups is 1. The zero-order valence-corrected chi connectivity index (χ0v) is 9.87. The Bertz CT molecular complexity index is 484. The maximum atomic E-state index is 10.7. The number of hydrogen-bond donors (Lipinski definition) is 2. The highest BCUT2D eigenvalue weighted by Gasteiger charge is 2.44. The maximum Gasteiger partial charge on any atom is 0.522 e. The van der Waals surface area contributed by atoms with E-state index < -0.39 is 15.6 Å². The average molecular weight is 291 g/mol. The molecule has 0 saturated heterocycles. The van der Waals surface area contributed by atoms with E-state index in [1.165, 1.54) is 0 Å². The second kappa shape index (κ2) is 4.82. The molecule has 0 radical (unpaired) electrons. The highest BCUT2D eigenvalue weighted by atomic mass is 32.2. The molecule has 2 rings (SSSR count). The summed E-state index contributed by atoms with van der Waals surface area (Å²) in [5, 5.41) is 7.98. The molecule has 1 aromatic rings. The van der Waals surface area contributed by atoms with Crippen LogP contribution < -0.4 is 0 Å². The van der Waals surface area contributed by atoms with Crippen molar-refractivity contribution in [3.05, 3.63) is 11.9 Å². The van der Waals surface area contributed by atoms with Gasteiger partial charge in [-0.15, -0.1) is 5.10 Å². The maximum absolute atomic E-state index is 10.7. The van der Waals surface area contributed by atoms with Crippen LogP contribution >= 0.6 is 12.6 Å². The molecule has 0 spiro atoms. The Balaban J connectivity index is 0.000000172. The minimum atomic E-state index is -5.84. The molecule has 1 unspecified atom stereocenters. The van der Waals surface area contributed by atoms with Crippen LogP contribution in [-0.2, 0) is 16.7 Å². The molecule has 6 nitrogen and oxygen atoms in total. The van der Waals surface area contributed by atoms with E-state index in [0.717, 1.165) is 18.7 Å². The van der Waals surface area contributed by atoms with Gasteiger partial charge in [0.2, 0.25) is 0 Å². The quantitative estimate of drug-likeness (QED) is 0.424. The first-order valence-electron chi connectivity index (χ1n) is 4.23. The summed E-state index contributed by atoms with van der Waals surface area (Å²) in [6, 6.07) is 0. The first-order chi connectivity index (χ1) is 7.63. The molecular weight excluding hydrogens is 283 g/mol. The number of halogens is 3. The molecule has 0 amide bonds. The smallest absolute Gasteiger partial charge is 0.279 e. The van der Waals surface area contributed by atoms with Crippen molar-refractivity contribution >= 4 is 22.7 Å². The molecule has 1 N–H and O–H groups in total. The lowest BCUT2D eigenvalue weighted by atomic mass is 10.3. The fraction of sp³-hybridized carbons (Fsp3) is 0.667. The molecule has 0 fully saturated rings. The van der Waals surface area contributed by atoms with Crippen molar-refractivity contribution in [1.82, 2.24) is 15.0 Å². The summed E-state index contributed by atoms with van der Waals surface area (Å²) < 4.78 is 59.4. The zero-order valence-electron chi connectivity index (χ0n) is 8.16. The van der Waals surface area contributed by atoms with Gasteiger partial charge in [-0.1, -0.05) is 5.21 Å². The standard InChI is InChI=1S/C5H7N3S.CHF3O3S/c9-5-1-2-8-4(5)3-6-7-8;2-1(3,4)8(5,6)7/h3,5,9H,1-2H2;(H,5,6,7). The van der Waals surface area contributed by atoms with E-state index in [9.17, 15) is 13.2 Å². The lowest BCUT2D eigenvalue weighted by molar-refractivity contribution is -0.0510. The van der Waals surface area contributed by atoms with Gasteiger partial charge in [0.25, 0.3) is 0 Å². The topological polar surface area (TPSA) is 85.1 Å². The molecule has 0 bridgehead atoms. The Hall–Kier alpha value is -0.810. The van der Waals surface area contributed by atoms with Gasteiger partial charge in [-0.05, 0) is 6.42 Å². The molecule has 17 heavy (non-hydrogen) atoms. The van der Waals surface area contributed by atoms with E-state index in [1.807, 2.05) is 4.68 Å². The first kappa shape index (κ1) is 14.3. The van der Waals surface area contributed by atoms with Crippen LogP contribution in [0.4, 0.5) is 13.2 Å². The lowest BCUT2D eigenvalue weighted by Gasteiger charge is -1.97. The van der Waals surface area contributed by atoms with Crippen LogP contribution in [-0.4, -0.2) is 33.5 Å².